The number of sulfonamides is 1. The zero-order chi connectivity index (χ0) is 17.7. The Morgan fingerprint density at radius 2 is 1.88 bits per heavy atom. The molecule has 4 nitrogen and oxygen atoms in total. The lowest BCUT2D eigenvalue weighted by Crippen LogP contribution is -2.39. The average Bonchev–Trinajstić information content (AvgIpc) is 2.53. The van der Waals surface area contributed by atoms with Crippen molar-refractivity contribution in [2.75, 3.05) is 6.54 Å². The van der Waals surface area contributed by atoms with Gasteiger partial charge < -0.3 is 0 Å². The predicted octanol–water partition coefficient (Wildman–Crippen LogP) is 4.06. The standard InChI is InChI=1S/C19H27NO3S/c1-4-5-8-17-14-16(3)7-6-13-20(19(17)21)24(22,23)18-11-9-15(2)10-12-18/h9-12,14,16H,4-8,13H2,1-3H3/b17-14-. The van der Waals surface area contributed by atoms with E-state index in [1.807, 2.05) is 13.0 Å². The van der Waals surface area contributed by atoms with Gasteiger partial charge in [-0.05, 0) is 50.7 Å². The van der Waals surface area contributed by atoms with Gasteiger partial charge in [-0.15, -0.1) is 0 Å². The lowest BCUT2D eigenvalue weighted by molar-refractivity contribution is -0.123. The van der Waals surface area contributed by atoms with Crippen LogP contribution in [-0.2, 0) is 14.8 Å². The smallest absolute Gasteiger partial charge is 0.266 e. The van der Waals surface area contributed by atoms with Crippen LogP contribution >= 0.6 is 0 Å². The molecular weight excluding hydrogens is 322 g/mol. The third kappa shape index (κ3) is 4.26. The largest absolute Gasteiger partial charge is 0.268 e. The van der Waals surface area contributed by atoms with E-state index in [0.717, 1.165) is 29.1 Å². The van der Waals surface area contributed by atoms with E-state index in [0.29, 0.717) is 24.3 Å². The van der Waals surface area contributed by atoms with Gasteiger partial charge in [0.05, 0.1) is 4.90 Å². The van der Waals surface area contributed by atoms with Crippen molar-refractivity contribution in [2.45, 2.75) is 57.8 Å². The number of rotatable bonds is 5. The zero-order valence-electron chi connectivity index (χ0n) is 14.8. The Balaban J connectivity index is 2.37. The Morgan fingerprint density at radius 1 is 1.21 bits per heavy atom. The van der Waals surface area contributed by atoms with E-state index in [9.17, 15) is 13.2 Å². The molecule has 1 amide bonds. The van der Waals surface area contributed by atoms with Gasteiger partial charge in [-0.25, -0.2) is 12.7 Å². The van der Waals surface area contributed by atoms with Gasteiger partial charge in [0.2, 0.25) is 0 Å². The van der Waals surface area contributed by atoms with Crippen molar-refractivity contribution in [2.24, 2.45) is 5.92 Å². The van der Waals surface area contributed by atoms with Gasteiger partial charge in [0.1, 0.15) is 0 Å². The number of carbonyl (C=O) groups is 1. The van der Waals surface area contributed by atoms with Crippen LogP contribution in [-0.4, -0.2) is 25.2 Å². The van der Waals surface area contributed by atoms with Gasteiger partial charge in [0.15, 0.2) is 0 Å². The van der Waals surface area contributed by atoms with Gasteiger partial charge in [-0.1, -0.05) is 44.0 Å². The first-order valence-electron chi connectivity index (χ1n) is 8.70. The van der Waals surface area contributed by atoms with Gasteiger partial charge >= 0.3 is 0 Å². The number of hydrogen-bond acceptors (Lipinski definition) is 3. The van der Waals surface area contributed by atoms with Crippen LogP contribution in [0.3, 0.4) is 0 Å². The molecule has 24 heavy (non-hydrogen) atoms. The summed E-state index contributed by atoms with van der Waals surface area (Å²) in [5.41, 5.74) is 1.63. The molecule has 0 N–H and O–H groups in total. The van der Waals surface area contributed by atoms with Crippen LogP contribution < -0.4 is 0 Å². The molecule has 1 heterocycles. The molecule has 1 unspecified atom stereocenters. The highest BCUT2D eigenvalue weighted by Crippen LogP contribution is 2.25. The second-order valence-corrected chi connectivity index (χ2v) is 8.47. The summed E-state index contributed by atoms with van der Waals surface area (Å²) >= 11 is 0. The molecule has 1 aromatic rings. The maximum absolute atomic E-state index is 13.0. The van der Waals surface area contributed by atoms with E-state index in [4.69, 9.17) is 0 Å². The second-order valence-electron chi connectivity index (χ2n) is 6.61. The topological polar surface area (TPSA) is 54.5 Å². The number of allylic oxidation sites excluding steroid dienone is 1. The molecule has 2 rings (SSSR count). The summed E-state index contributed by atoms with van der Waals surface area (Å²) in [6, 6.07) is 6.68. The number of benzene rings is 1. The first kappa shape index (κ1) is 18.7. The molecule has 0 radical (unpaired) electrons. The molecule has 1 aromatic carbocycles. The van der Waals surface area contributed by atoms with Crippen LogP contribution in [0.1, 0.15) is 51.5 Å². The highest BCUT2D eigenvalue weighted by atomic mass is 32.2. The maximum Gasteiger partial charge on any atom is 0.266 e. The Kier molecular flexibility index (Phi) is 6.21. The lowest BCUT2D eigenvalue weighted by atomic mass is 9.97. The van der Waals surface area contributed by atoms with E-state index in [2.05, 4.69) is 13.8 Å². The van der Waals surface area contributed by atoms with Gasteiger partial charge in [0, 0.05) is 12.1 Å². The van der Waals surface area contributed by atoms with Crippen molar-refractivity contribution in [3.05, 3.63) is 41.5 Å². The molecule has 0 aromatic heterocycles. The second kappa shape index (κ2) is 7.97. The number of hydrogen-bond donors (Lipinski definition) is 0. The van der Waals surface area contributed by atoms with E-state index < -0.39 is 10.0 Å². The van der Waals surface area contributed by atoms with E-state index in [-0.39, 0.29) is 17.3 Å². The molecule has 1 aliphatic rings. The van der Waals surface area contributed by atoms with Gasteiger partial charge in [0.25, 0.3) is 15.9 Å². The molecule has 0 spiro atoms. The predicted molar refractivity (Wildman–Crippen MR) is 96.1 cm³/mol. The van der Waals surface area contributed by atoms with Crippen LogP contribution in [0.2, 0.25) is 0 Å². The summed E-state index contributed by atoms with van der Waals surface area (Å²) in [4.78, 5) is 13.1. The lowest BCUT2D eigenvalue weighted by Gasteiger charge is -2.27. The summed E-state index contributed by atoms with van der Waals surface area (Å²) in [5, 5.41) is 0. The zero-order valence-corrected chi connectivity index (χ0v) is 15.6. The fourth-order valence-corrected chi connectivity index (χ4v) is 4.38. The third-order valence-corrected chi connectivity index (χ3v) is 6.21. The number of unbranched alkanes of at least 4 members (excludes halogenated alkanes) is 1. The molecule has 132 valence electrons. The molecule has 1 aliphatic heterocycles. The molecule has 0 saturated carbocycles. The minimum absolute atomic E-state index is 0.185. The first-order chi connectivity index (χ1) is 11.4. The third-order valence-electron chi connectivity index (χ3n) is 4.42. The van der Waals surface area contributed by atoms with Crippen LogP contribution in [0, 0.1) is 12.8 Å². The van der Waals surface area contributed by atoms with Crippen LogP contribution in [0.15, 0.2) is 40.8 Å². The number of carbonyl (C=O) groups excluding carboxylic acids is 1. The fourth-order valence-electron chi connectivity index (χ4n) is 2.94. The van der Waals surface area contributed by atoms with Crippen molar-refractivity contribution in [1.29, 1.82) is 0 Å². The average molecular weight is 349 g/mol. The fraction of sp³-hybridized carbons (Fsp3) is 0.526. The SMILES string of the molecule is CCCC/C1=C/C(C)CCCN(S(=O)(=O)c2ccc(C)cc2)C1=O. The van der Waals surface area contributed by atoms with Crippen molar-refractivity contribution >= 4 is 15.9 Å². The minimum atomic E-state index is -3.80. The van der Waals surface area contributed by atoms with Crippen molar-refractivity contribution in [3.63, 3.8) is 0 Å². The Bertz CT molecular complexity index is 705. The quantitative estimate of drug-likeness (QED) is 0.805. The Morgan fingerprint density at radius 3 is 2.50 bits per heavy atom. The molecule has 1 atom stereocenters. The maximum atomic E-state index is 13.0. The number of nitrogens with zero attached hydrogens (tertiary/aromatic N) is 1. The Labute approximate surface area is 145 Å². The van der Waals surface area contributed by atoms with E-state index in [1.165, 1.54) is 0 Å². The molecule has 0 bridgehead atoms. The number of amides is 1. The molecule has 0 fully saturated rings. The minimum Gasteiger partial charge on any atom is -0.268 e. The van der Waals surface area contributed by atoms with Gasteiger partial charge in [-0.2, -0.15) is 0 Å². The molecule has 0 aliphatic carbocycles. The van der Waals surface area contributed by atoms with Crippen molar-refractivity contribution in [3.8, 4) is 0 Å². The van der Waals surface area contributed by atoms with E-state index in [1.54, 1.807) is 24.3 Å². The van der Waals surface area contributed by atoms with Crippen molar-refractivity contribution < 1.29 is 13.2 Å². The number of aryl methyl sites for hydroxylation is 1. The van der Waals surface area contributed by atoms with Crippen molar-refractivity contribution in [1.82, 2.24) is 4.31 Å². The molecular formula is C19H27NO3S. The highest BCUT2D eigenvalue weighted by Gasteiger charge is 2.32. The summed E-state index contributed by atoms with van der Waals surface area (Å²) in [6.45, 7) is 6.31. The van der Waals surface area contributed by atoms with E-state index >= 15 is 0 Å². The monoisotopic (exact) mass is 349 g/mol. The highest BCUT2D eigenvalue weighted by molar-refractivity contribution is 7.89. The molecule has 5 heteroatoms. The summed E-state index contributed by atoms with van der Waals surface area (Å²) < 4.78 is 27.0. The van der Waals surface area contributed by atoms with Crippen LogP contribution in [0.4, 0.5) is 0 Å². The molecule has 0 saturated heterocycles. The van der Waals surface area contributed by atoms with Crippen LogP contribution in [0.25, 0.3) is 0 Å². The Hall–Kier alpha value is -1.62. The normalized spacial score (nSPS) is 21.8. The summed E-state index contributed by atoms with van der Waals surface area (Å²) in [6.07, 6.45) is 6.05. The summed E-state index contributed by atoms with van der Waals surface area (Å²) in [5.74, 6) is -0.0411. The summed E-state index contributed by atoms with van der Waals surface area (Å²) in [7, 11) is -3.80. The van der Waals surface area contributed by atoms with Crippen LogP contribution in [0.5, 0.6) is 0 Å². The first-order valence-corrected chi connectivity index (χ1v) is 10.1. The van der Waals surface area contributed by atoms with Gasteiger partial charge in [-0.3, -0.25) is 4.79 Å².